The molecule has 2 heterocycles. The minimum Gasteiger partial charge on any atom is -0.326 e. The first kappa shape index (κ1) is 14.3. The van der Waals surface area contributed by atoms with Crippen molar-refractivity contribution in [3.05, 3.63) is 64.1 Å². The summed E-state index contributed by atoms with van der Waals surface area (Å²) in [5.74, 6) is 0.919. The maximum atomic E-state index is 6.23. The second-order valence-electron chi connectivity index (χ2n) is 4.97. The van der Waals surface area contributed by atoms with Crippen molar-refractivity contribution in [1.29, 1.82) is 0 Å². The fraction of sp³-hybridized carbons (Fsp3) is 0.188. The van der Waals surface area contributed by atoms with Crippen molar-refractivity contribution in [2.75, 3.05) is 0 Å². The van der Waals surface area contributed by atoms with Gasteiger partial charge in [-0.05, 0) is 19.1 Å². The van der Waals surface area contributed by atoms with Gasteiger partial charge in [-0.15, -0.1) is 11.3 Å². The Morgan fingerprint density at radius 3 is 2.57 bits per heavy atom. The lowest BCUT2D eigenvalue weighted by atomic mass is 10.1. The number of halogens is 1. The first-order chi connectivity index (χ1) is 10.2. The highest BCUT2D eigenvalue weighted by atomic mass is 35.5. The minimum atomic E-state index is -0.0450. The molecule has 2 atom stereocenters. The molecule has 108 valence electrons. The molecule has 0 bridgehead atoms. The molecular formula is C16H16ClN3S. The van der Waals surface area contributed by atoms with Gasteiger partial charge in [-0.25, -0.2) is 4.98 Å². The van der Waals surface area contributed by atoms with Crippen LogP contribution in [0.5, 0.6) is 0 Å². The average molecular weight is 318 g/mol. The van der Waals surface area contributed by atoms with Gasteiger partial charge in [0.15, 0.2) is 0 Å². The summed E-state index contributed by atoms with van der Waals surface area (Å²) in [7, 11) is 0. The summed E-state index contributed by atoms with van der Waals surface area (Å²) in [5.41, 5.74) is 7.31. The minimum absolute atomic E-state index is 0.0280. The van der Waals surface area contributed by atoms with E-state index in [4.69, 9.17) is 17.3 Å². The fourth-order valence-electron chi connectivity index (χ4n) is 2.49. The SMILES string of the molecule is CC(N)C(c1ccc(Cl)s1)n1ccnc1-c1ccccc1. The van der Waals surface area contributed by atoms with E-state index in [1.54, 1.807) is 11.3 Å². The van der Waals surface area contributed by atoms with Crippen LogP contribution in [0.1, 0.15) is 17.8 Å². The Balaban J connectivity index is 2.08. The topological polar surface area (TPSA) is 43.8 Å². The summed E-state index contributed by atoms with van der Waals surface area (Å²) in [6.07, 6.45) is 3.79. The predicted molar refractivity (Wildman–Crippen MR) is 88.8 cm³/mol. The third-order valence-corrected chi connectivity index (χ3v) is 4.69. The lowest BCUT2D eigenvalue weighted by Crippen LogP contribution is -2.29. The van der Waals surface area contributed by atoms with E-state index in [2.05, 4.69) is 21.7 Å². The first-order valence-corrected chi connectivity index (χ1v) is 7.95. The molecule has 0 saturated carbocycles. The Morgan fingerprint density at radius 2 is 1.95 bits per heavy atom. The van der Waals surface area contributed by atoms with Crippen molar-refractivity contribution >= 4 is 22.9 Å². The molecule has 2 unspecified atom stereocenters. The summed E-state index contributed by atoms with van der Waals surface area (Å²) >= 11 is 7.64. The normalized spacial score (nSPS) is 14.0. The third-order valence-electron chi connectivity index (χ3n) is 3.38. The predicted octanol–water partition coefficient (Wildman–Crippen LogP) is 4.20. The van der Waals surface area contributed by atoms with Crippen LogP contribution in [0, 0.1) is 0 Å². The molecule has 0 spiro atoms. The Kier molecular flexibility index (Phi) is 4.10. The van der Waals surface area contributed by atoms with Gasteiger partial charge >= 0.3 is 0 Å². The summed E-state index contributed by atoms with van der Waals surface area (Å²) in [6, 6.07) is 14.1. The molecule has 3 nitrogen and oxygen atoms in total. The summed E-state index contributed by atoms with van der Waals surface area (Å²) in [5, 5.41) is 0. The number of thiophene rings is 1. The van der Waals surface area contributed by atoms with Crippen LogP contribution in [0.3, 0.4) is 0 Å². The molecule has 0 aliphatic rings. The van der Waals surface area contributed by atoms with Gasteiger partial charge in [0.05, 0.1) is 10.4 Å². The van der Waals surface area contributed by atoms with E-state index >= 15 is 0 Å². The number of hydrogen-bond donors (Lipinski definition) is 1. The summed E-state index contributed by atoms with van der Waals surface area (Å²) in [4.78, 5) is 5.64. The Hall–Kier alpha value is -1.62. The maximum Gasteiger partial charge on any atom is 0.140 e. The van der Waals surface area contributed by atoms with Crippen LogP contribution in [0.25, 0.3) is 11.4 Å². The van der Waals surface area contributed by atoms with Crippen LogP contribution in [0.4, 0.5) is 0 Å². The van der Waals surface area contributed by atoms with Crippen molar-refractivity contribution in [2.24, 2.45) is 5.73 Å². The maximum absolute atomic E-state index is 6.23. The van der Waals surface area contributed by atoms with Gasteiger partial charge in [0, 0.05) is 28.9 Å². The summed E-state index contributed by atoms with van der Waals surface area (Å²) < 4.78 is 2.90. The second kappa shape index (κ2) is 6.02. The van der Waals surface area contributed by atoms with Gasteiger partial charge < -0.3 is 10.3 Å². The molecule has 3 aromatic rings. The zero-order valence-corrected chi connectivity index (χ0v) is 13.2. The van der Waals surface area contributed by atoms with Gasteiger partial charge in [-0.3, -0.25) is 0 Å². The summed E-state index contributed by atoms with van der Waals surface area (Å²) in [6.45, 7) is 2.01. The number of aromatic nitrogens is 2. The molecule has 0 fully saturated rings. The quantitative estimate of drug-likeness (QED) is 0.783. The number of nitrogens with zero attached hydrogens (tertiary/aromatic N) is 2. The molecule has 0 amide bonds. The highest BCUT2D eigenvalue weighted by molar-refractivity contribution is 7.16. The lowest BCUT2D eigenvalue weighted by molar-refractivity contribution is 0.508. The van der Waals surface area contributed by atoms with E-state index in [-0.39, 0.29) is 12.1 Å². The van der Waals surface area contributed by atoms with Gasteiger partial charge in [0.2, 0.25) is 0 Å². The van der Waals surface area contributed by atoms with E-state index in [0.717, 1.165) is 20.6 Å². The van der Waals surface area contributed by atoms with Crippen molar-refractivity contribution in [1.82, 2.24) is 9.55 Å². The van der Waals surface area contributed by atoms with Crippen LogP contribution >= 0.6 is 22.9 Å². The standard InChI is InChI=1S/C16H16ClN3S/c1-11(18)15(13-7-8-14(17)21-13)20-10-9-19-16(20)12-5-3-2-4-6-12/h2-11,15H,18H2,1H3. The Bertz CT molecular complexity index is 718. The number of rotatable bonds is 4. The molecule has 0 aliphatic carbocycles. The molecule has 2 aromatic heterocycles. The lowest BCUT2D eigenvalue weighted by Gasteiger charge is -2.23. The smallest absolute Gasteiger partial charge is 0.140 e. The average Bonchev–Trinajstić information content (AvgIpc) is 3.10. The van der Waals surface area contributed by atoms with Crippen molar-refractivity contribution in [3.63, 3.8) is 0 Å². The van der Waals surface area contributed by atoms with Gasteiger partial charge in [0.25, 0.3) is 0 Å². The van der Waals surface area contributed by atoms with Crippen LogP contribution in [0.2, 0.25) is 4.34 Å². The molecule has 0 radical (unpaired) electrons. The molecule has 5 heteroatoms. The second-order valence-corrected chi connectivity index (χ2v) is 6.72. The molecular weight excluding hydrogens is 302 g/mol. The zero-order chi connectivity index (χ0) is 14.8. The highest BCUT2D eigenvalue weighted by Crippen LogP contribution is 2.33. The molecule has 1 aromatic carbocycles. The third kappa shape index (κ3) is 2.88. The molecule has 2 N–H and O–H groups in total. The van der Waals surface area contributed by atoms with Gasteiger partial charge in [-0.1, -0.05) is 41.9 Å². The molecule has 21 heavy (non-hydrogen) atoms. The highest BCUT2D eigenvalue weighted by Gasteiger charge is 2.23. The van der Waals surface area contributed by atoms with E-state index in [1.807, 2.05) is 49.6 Å². The molecule has 0 saturated heterocycles. The van der Waals surface area contributed by atoms with E-state index in [1.165, 1.54) is 0 Å². The Labute approximate surface area is 133 Å². The number of benzene rings is 1. The van der Waals surface area contributed by atoms with Crippen molar-refractivity contribution < 1.29 is 0 Å². The van der Waals surface area contributed by atoms with Crippen LogP contribution in [-0.4, -0.2) is 15.6 Å². The molecule has 0 aliphatic heterocycles. The monoisotopic (exact) mass is 317 g/mol. The fourth-order valence-corrected chi connectivity index (χ4v) is 3.76. The van der Waals surface area contributed by atoms with E-state index in [0.29, 0.717) is 0 Å². The van der Waals surface area contributed by atoms with Crippen LogP contribution < -0.4 is 5.73 Å². The van der Waals surface area contributed by atoms with Crippen LogP contribution in [-0.2, 0) is 0 Å². The molecule has 3 rings (SSSR count). The number of nitrogens with two attached hydrogens (primary N) is 1. The van der Waals surface area contributed by atoms with Crippen molar-refractivity contribution in [2.45, 2.75) is 19.0 Å². The van der Waals surface area contributed by atoms with Gasteiger partial charge in [0.1, 0.15) is 5.82 Å². The van der Waals surface area contributed by atoms with E-state index in [9.17, 15) is 0 Å². The zero-order valence-electron chi connectivity index (χ0n) is 11.6. The Morgan fingerprint density at radius 1 is 1.19 bits per heavy atom. The van der Waals surface area contributed by atoms with E-state index < -0.39 is 0 Å². The first-order valence-electron chi connectivity index (χ1n) is 6.76. The van der Waals surface area contributed by atoms with Crippen LogP contribution in [0.15, 0.2) is 54.9 Å². The van der Waals surface area contributed by atoms with Crippen molar-refractivity contribution in [3.8, 4) is 11.4 Å². The largest absolute Gasteiger partial charge is 0.326 e. The van der Waals surface area contributed by atoms with Gasteiger partial charge in [-0.2, -0.15) is 0 Å². The number of imidazole rings is 1. The number of hydrogen-bond acceptors (Lipinski definition) is 3.